The second-order valence-electron chi connectivity index (χ2n) is 6.38. The molecular weight excluding hydrogens is 274 g/mol. The molecule has 1 unspecified atom stereocenters. The van der Waals surface area contributed by atoms with Gasteiger partial charge in [0.15, 0.2) is 5.78 Å². The zero-order chi connectivity index (χ0) is 15.7. The first kappa shape index (κ1) is 14.5. The SMILES string of the molecule is CC1(C)C=CC=C(C(=O)CC2NC(=O)c3ccccc32)C=C1. The van der Waals surface area contributed by atoms with Crippen molar-refractivity contribution in [2.75, 3.05) is 0 Å². The van der Waals surface area contributed by atoms with Crippen molar-refractivity contribution in [3.8, 4) is 0 Å². The number of Topliss-reactive ketones (excluding diaryl/α,β-unsaturated/α-hetero) is 1. The summed E-state index contributed by atoms with van der Waals surface area (Å²) >= 11 is 0. The van der Waals surface area contributed by atoms with Crippen molar-refractivity contribution in [2.45, 2.75) is 26.3 Å². The standard InChI is InChI=1S/C19H19NO2/c1-19(2)10-5-6-13(9-11-19)17(21)12-16-14-7-3-4-8-15(14)18(22)20-16/h3-11,16H,12H2,1-2H3,(H,20,22). The monoisotopic (exact) mass is 293 g/mol. The maximum absolute atomic E-state index is 12.5. The molecule has 1 heterocycles. The predicted molar refractivity (Wildman–Crippen MR) is 86.4 cm³/mol. The molecule has 0 saturated carbocycles. The van der Waals surface area contributed by atoms with Gasteiger partial charge in [0, 0.05) is 23.0 Å². The van der Waals surface area contributed by atoms with Gasteiger partial charge in [-0.3, -0.25) is 9.59 Å². The fourth-order valence-corrected chi connectivity index (χ4v) is 2.79. The van der Waals surface area contributed by atoms with Gasteiger partial charge in [-0.1, -0.05) is 62.4 Å². The lowest BCUT2D eigenvalue weighted by molar-refractivity contribution is -0.115. The molecule has 3 nitrogen and oxygen atoms in total. The van der Waals surface area contributed by atoms with Gasteiger partial charge in [-0.25, -0.2) is 0 Å². The van der Waals surface area contributed by atoms with E-state index >= 15 is 0 Å². The largest absolute Gasteiger partial charge is 0.345 e. The van der Waals surface area contributed by atoms with Crippen LogP contribution in [-0.4, -0.2) is 11.7 Å². The van der Waals surface area contributed by atoms with Crippen molar-refractivity contribution in [3.63, 3.8) is 0 Å². The molecule has 1 aliphatic heterocycles. The summed E-state index contributed by atoms with van der Waals surface area (Å²) < 4.78 is 0. The summed E-state index contributed by atoms with van der Waals surface area (Å²) in [6, 6.07) is 7.21. The van der Waals surface area contributed by atoms with Gasteiger partial charge in [0.25, 0.3) is 5.91 Å². The minimum Gasteiger partial charge on any atom is -0.345 e. The summed E-state index contributed by atoms with van der Waals surface area (Å²) in [4.78, 5) is 24.4. The first-order valence-corrected chi connectivity index (χ1v) is 7.48. The Hall–Kier alpha value is -2.42. The van der Waals surface area contributed by atoms with Crippen LogP contribution < -0.4 is 5.32 Å². The number of nitrogens with one attached hydrogen (secondary N) is 1. The number of carbonyl (C=O) groups is 2. The number of hydrogen-bond acceptors (Lipinski definition) is 2. The van der Waals surface area contributed by atoms with Crippen molar-refractivity contribution < 1.29 is 9.59 Å². The Labute approximate surface area is 130 Å². The van der Waals surface area contributed by atoms with Crippen LogP contribution in [-0.2, 0) is 4.79 Å². The quantitative estimate of drug-likeness (QED) is 0.927. The van der Waals surface area contributed by atoms with Gasteiger partial charge in [0.05, 0.1) is 6.04 Å². The summed E-state index contributed by atoms with van der Waals surface area (Å²) in [5, 5.41) is 2.89. The van der Waals surface area contributed by atoms with E-state index in [1.54, 1.807) is 6.07 Å². The number of benzene rings is 1. The van der Waals surface area contributed by atoms with E-state index in [0.717, 1.165) is 5.56 Å². The minimum absolute atomic E-state index is 0.0422. The van der Waals surface area contributed by atoms with E-state index in [0.29, 0.717) is 11.1 Å². The Morgan fingerprint density at radius 2 is 2.00 bits per heavy atom. The lowest BCUT2D eigenvalue weighted by Crippen LogP contribution is -2.21. The average molecular weight is 293 g/mol. The molecular formula is C19H19NO2. The number of allylic oxidation sites excluding steroid dienone is 6. The van der Waals surface area contributed by atoms with E-state index in [2.05, 4.69) is 25.2 Å². The van der Waals surface area contributed by atoms with Crippen molar-refractivity contribution in [1.82, 2.24) is 5.32 Å². The molecule has 0 fully saturated rings. The molecule has 22 heavy (non-hydrogen) atoms. The van der Waals surface area contributed by atoms with Crippen LogP contribution in [0.3, 0.4) is 0 Å². The lowest BCUT2D eigenvalue weighted by atomic mass is 9.92. The van der Waals surface area contributed by atoms with E-state index in [4.69, 9.17) is 0 Å². The third kappa shape index (κ3) is 2.80. The third-order valence-electron chi connectivity index (χ3n) is 4.09. The van der Waals surface area contributed by atoms with Crippen molar-refractivity contribution in [1.29, 1.82) is 0 Å². The molecule has 3 heteroatoms. The Morgan fingerprint density at radius 3 is 2.82 bits per heavy atom. The zero-order valence-electron chi connectivity index (χ0n) is 12.8. The summed E-state index contributed by atoms with van der Waals surface area (Å²) in [5.41, 5.74) is 2.22. The van der Waals surface area contributed by atoms with Crippen LogP contribution in [0.4, 0.5) is 0 Å². The topological polar surface area (TPSA) is 46.2 Å². The number of fused-ring (bicyclic) bond motifs is 1. The minimum atomic E-state index is -0.231. The molecule has 1 atom stereocenters. The van der Waals surface area contributed by atoms with E-state index in [-0.39, 0.29) is 29.6 Å². The molecule has 0 bridgehead atoms. The fourth-order valence-electron chi connectivity index (χ4n) is 2.79. The molecule has 2 aliphatic rings. The highest BCUT2D eigenvalue weighted by molar-refractivity contribution is 6.02. The van der Waals surface area contributed by atoms with Crippen LogP contribution in [0.1, 0.15) is 42.2 Å². The molecule has 1 aromatic carbocycles. The second-order valence-corrected chi connectivity index (χ2v) is 6.38. The van der Waals surface area contributed by atoms with Crippen LogP contribution in [0.15, 0.2) is 60.2 Å². The summed E-state index contributed by atoms with van der Waals surface area (Å²) in [7, 11) is 0. The Morgan fingerprint density at radius 1 is 1.23 bits per heavy atom. The molecule has 0 radical (unpaired) electrons. The second kappa shape index (κ2) is 5.41. The van der Waals surface area contributed by atoms with Gasteiger partial charge < -0.3 is 5.32 Å². The van der Waals surface area contributed by atoms with Crippen LogP contribution in [0.25, 0.3) is 0 Å². The zero-order valence-corrected chi connectivity index (χ0v) is 12.8. The van der Waals surface area contributed by atoms with Crippen LogP contribution >= 0.6 is 0 Å². The Balaban J connectivity index is 1.78. The highest BCUT2D eigenvalue weighted by Crippen LogP contribution is 2.29. The van der Waals surface area contributed by atoms with E-state index in [9.17, 15) is 9.59 Å². The summed E-state index contributed by atoms with van der Waals surface area (Å²) in [6.07, 6.45) is 10.0. The van der Waals surface area contributed by atoms with Gasteiger partial charge in [-0.05, 0) is 11.6 Å². The molecule has 1 aromatic rings. The van der Waals surface area contributed by atoms with Crippen LogP contribution in [0.5, 0.6) is 0 Å². The molecule has 0 spiro atoms. The first-order valence-electron chi connectivity index (χ1n) is 7.48. The predicted octanol–water partition coefficient (Wildman–Crippen LogP) is 3.51. The lowest BCUT2D eigenvalue weighted by Gasteiger charge is -2.13. The van der Waals surface area contributed by atoms with E-state index in [1.807, 2.05) is 42.5 Å². The maximum Gasteiger partial charge on any atom is 0.252 e. The van der Waals surface area contributed by atoms with E-state index < -0.39 is 0 Å². The molecule has 0 saturated heterocycles. The number of ketones is 1. The normalized spacial score (nSPS) is 21.8. The highest BCUT2D eigenvalue weighted by atomic mass is 16.2. The molecule has 1 N–H and O–H groups in total. The van der Waals surface area contributed by atoms with Gasteiger partial charge >= 0.3 is 0 Å². The van der Waals surface area contributed by atoms with E-state index in [1.165, 1.54) is 0 Å². The van der Waals surface area contributed by atoms with Crippen molar-refractivity contribution in [3.05, 3.63) is 71.3 Å². The number of amides is 1. The number of carbonyl (C=O) groups excluding carboxylic acids is 2. The van der Waals surface area contributed by atoms with Gasteiger partial charge in [0.1, 0.15) is 0 Å². The Kier molecular flexibility index (Phi) is 3.57. The van der Waals surface area contributed by atoms with Crippen LogP contribution in [0.2, 0.25) is 0 Å². The Bertz CT molecular complexity index is 723. The third-order valence-corrected chi connectivity index (χ3v) is 4.09. The number of hydrogen-bond donors (Lipinski definition) is 1. The summed E-state index contributed by atoms with van der Waals surface area (Å²) in [5.74, 6) is -0.0552. The van der Waals surface area contributed by atoms with Crippen molar-refractivity contribution >= 4 is 11.7 Å². The van der Waals surface area contributed by atoms with Gasteiger partial charge in [0.2, 0.25) is 0 Å². The summed E-state index contributed by atoms with van der Waals surface area (Å²) in [6.45, 7) is 4.18. The van der Waals surface area contributed by atoms with Gasteiger partial charge in [-0.15, -0.1) is 0 Å². The first-order chi connectivity index (χ1) is 10.5. The van der Waals surface area contributed by atoms with Crippen LogP contribution in [0, 0.1) is 5.41 Å². The highest BCUT2D eigenvalue weighted by Gasteiger charge is 2.30. The fraction of sp³-hybridized carbons (Fsp3) is 0.263. The molecule has 1 amide bonds. The molecule has 1 aliphatic carbocycles. The van der Waals surface area contributed by atoms with Gasteiger partial charge in [-0.2, -0.15) is 0 Å². The maximum atomic E-state index is 12.5. The smallest absolute Gasteiger partial charge is 0.252 e. The average Bonchev–Trinajstić information content (AvgIpc) is 2.67. The molecule has 0 aromatic heterocycles. The molecule has 3 rings (SSSR count). The van der Waals surface area contributed by atoms with Crippen molar-refractivity contribution in [2.24, 2.45) is 5.41 Å². The number of rotatable bonds is 3. The molecule has 112 valence electrons.